The second-order valence-electron chi connectivity index (χ2n) is 12.0. The summed E-state index contributed by atoms with van der Waals surface area (Å²) in [5.41, 5.74) is 0. The van der Waals surface area contributed by atoms with Crippen LogP contribution in [0.25, 0.3) is 0 Å². The first-order valence-electron chi connectivity index (χ1n) is 15.5. The molecule has 10 heteroatoms. The molecule has 1 heterocycles. The summed E-state index contributed by atoms with van der Waals surface area (Å²) >= 11 is 0. The summed E-state index contributed by atoms with van der Waals surface area (Å²) in [5.74, 6) is 0. The minimum Gasteiger partial charge on any atom is -0.385 e. The number of aliphatic hydroxyl groups is 1. The minimum atomic E-state index is -4.24. The van der Waals surface area contributed by atoms with Gasteiger partial charge >= 0.3 is 7.82 Å². The second-order valence-corrected chi connectivity index (χ2v) is 13.5. The van der Waals surface area contributed by atoms with Crippen LogP contribution in [0.3, 0.4) is 0 Å². The van der Waals surface area contributed by atoms with Crippen molar-refractivity contribution in [1.82, 2.24) is 0 Å². The first-order valence-corrected chi connectivity index (χ1v) is 17.0. The molecule has 0 aromatic carbocycles. The van der Waals surface area contributed by atoms with Crippen LogP contribution in [0.15, 0.2) is 0 Å². The van der Waals surface area contributed by atoms with E-state index in [0.29, 0.717) is 17.6 Å². The molecule has 0 aromatic rings. The van der Waals surface area contributed by atoms with Crippen LogP contribution in [0.1, 0.15) is 110 Å². The van der Waals surface area contributed by atoms with E-state index in [0.717, 1.165) is 12.8 Å². The van der Waals surface area contributed by atoms with Gasteiger partial charge in [0, 0.05) is 13.7 Å². The van der Waals surface area contributed by atoms with Crippen LogP contribution in [0.4, 0.5) is 0 Å². The highest BCUT2D eigenvalue weighted by atomic mass is 31.2. The number of quaternary nitrogens is 1. The van der Waals surface area contributed by atoms with Crippen molar-refractivity contribution in [3.05, 3.63) is 0 Å². The number of hydrogen-bond donors (Lipinski definition) is 2. The van der Waals surface area contributed by atoms with Crippen molar-refractivity contribution in [3.63, 3.8) is 0 Å². The lowest BCUT2D eigenvalue weighted by atomic mass is 10.0. The highest BCUT2D eigenvalue weighted by Crippen LogP contribution is 2.44. The molecule has 1 fully saturated rings. The summed E-state index contributed by atoms with van der Waals surface area (Å²) in [6.07, 6.45) is 17.6. The predicted octanol–water partition coefficient (Wildman–Crippen LogP) is 6.21. The number of nitrogens with zero attached hydrogens (tertiary/aromatic N) is 1. The first-order chi connectivity index (χ1) is 18.6. The van der Waals surface area contributed by atoms with Gasteiger partial charge in [0.2, 0.25) is 0 Å². The van der Waals surface area contributed by atoms with Crippen molar-refractivity contribution >= 4 is 7.82 Å². The summed E-state index contributed by atoms with van der Waals surface area (Å²) in [7, 11) is 3.09. The van der Waals surface area contributed by atoms with Crippen molar-refractivity contribution in [1.29, 1.82) is 0 Å². The largest absolute Gasteiger partial charge is 0.472 e. The van der Waals surface area contributed by atoms with E-state index < -0.39 is 32.4 Å². The molecule has 0 saturated carbocycles. The van der Waals surface area contributed by atoms with E-state index in [4.69, 9.17) is 23.3 Å². The third kappa shape index (κ3) is 18.9. The van der Waals surface area contributed by atoms with Gasteiger partial charge in [-0.15, -0.1) is 0 Å². The molecule has 1 unspecified atom stereocenters. The average molecular weight is 583 g/mol. The zero-order chi connectivity index (χ0) is 29.0. The van der Waals surface area contributed by atoms with E-state index in [9.17, 15) is 14.6 Å². The Hall–Kier alpha value is -0.0900. The first kappa shape index (κ1) is 36.9. The Balaban J connectivity index is 2.12. The van der Waals surface area contributed by atoms with Gasteiger partial charge in [-0.1, -0.05) is 103 Å². The Labute approximate surface area is 239 Å². The van der Waals surface area contributed by atoms with Gasteiger partial charge in [0.15, 0.2) is 6.29 Å². The molecule has 1 saturated heterocycles. The van der Waals surface area contributed by atoms with E-state index in [1.165, 1.54) is 97.0 Å². The number of phosphoric ester groups is 1. The Morgan fingerprint density at radius 1 is 0.769 bits per heavy atom. The van der Waals surface area contributed by atoms with Gasteiger partial charge in [-0.05, 0) is 6.42 Å². The maximum Gasteiger partial charge on any atom is 0.472 e. The van der Waals surface area contributed by atoms with Crippen LogP contribution in [0, 0.1) is 0 Å². The number of hydrogen-bond acceptors (Lipinski definition) is 7. The summed E-state index contributed by atoms with van der Waals surface area (Å²) in [6.45, 7) is 3.16. The Kier molecular flexibility index (Phi) is 20.4. The SMILES string of the molecule is CCCCCCCCCCCCCCCCCCO[C@H]1[C@@H](O)[C@@H](OC)O[C@@H]1COP(=O)(O)OCC[N+](C)(C)C. The van der Waals surface area contributed by atoms with Gasteiger partial charge in [0.05, 0.1) is 27.7 Å². The number of rotatable bonds is 26. The molecule has 1 rings (SSSR count). The molecule has 0 radical (unpaired) electrons. The molecule has 9 nitrogen and oxygen atoms in total. The molecule has 0 aliphatic carbocycles. The Bertz CT molecular complexity index is 633. The highest BCUT2D eigenvalue weighted by Gasteiger charge is 2.45. The molecule has 1 aliphatic rings. The molecule has 0 aromatic heterocycles. The fourth-order valence-electron chi connectivity index (χ4n) is 4.74. The van der Waals surface area contributed by atoms with Crippen LogP contribution < -0.4 is 0 Å². The lowest BCUT2D eigenvalue weighted by Gasteiger charge is -2.24. The van der Waals surface area contributed by atoms with Gasteiger partial charge in [-0.25, -0.2) is 4.57 Å². The fraction of sp³-hybridized carbons (Fsp3) is 1.00. The molecule has 234 valence electrons. The monoisotopic (exact) mass is 582 g/mol. The van der Waals surface area contributed by atoms with E-state index in [1.807, 2.05) is 21.1 Å². The lowest BCUT2D eigenvalue weighted by Crippen LogP contribution is -2.38. The Morgan fingerprint density at radius 2 is 1.26 bits per heavy atom. The molecule has 0 bridgehead atoms. The molecule has 2 N–H and O–H groups in total. The summed E-state index contributed by atoms with van der Waals surface area (Å²) < 4.78 is 39.8. The van der Waals surface area contributed by atoms with Gasteiger partial charge < -0.3 is 28.7 Å². The smallest absolute Gasteiger partial charge is 0.385 e. The highest BCUT2D eigenvalue weighted by molar-refractivity contribution is 7.47. The number of aliphatic hydroxyl groups excluding tert-OH is 1. The van der Waals surface area contributed by atoms with Gasteiger partial charge in [-0.2, -0.15) is 0 Å². The topological polar surface area (TPSA) is 104 Å². The number of ether oxygens (including phenoxy) is 3. The average Bonchev–Trinajstić information content (AvgIpc) is 3.18. The lowest BCUT2D eigenvalue weighted by molar-refractivity contribution is -0.870. The summed E-state index contributed by atoms with van der Waals surface area (Å²) in [4.78, 5) is 9.99. The quantitative estimate of drug-likeness (QED) is 0.0705. The van der Waals surface area contributed by atoms with Gasteiger partial charge in [0.25, 0.3) is 0 Å². The second kappa shape index (κ2) is 21.6. The van der Waals surface area contributed by atoms with E-state index >= 15 is 0 Å². The number of phosphoric acid groups is 1. The molecule has 5 atom stereocenters. The molecule has 1 aliphatic heterocycles. The van der Waals surface area contributed by atoms with Gasteiger partial charge in [-0.3, -0.25) is 9.05 Å². The third-order valence-electron chi connectivity index (χ3n) is 7.25. The fourth-order valence-corrected chi connectivity index (χ4v) is 5.47. The maximum atomic E-state index is 12.2. The summed E-state index contributed by atoms with van der Waals surface area (Å²) in [6, 6.07) is 0. The van der Waals surface area contributed by atoms with Crippen molar-refractivity contribution in [2.75, 3.05) is 54.6 Å². The van der Waals surface area contributed by atoms with Crippen LogP contribution in [-0.4, -0.2) is 93.7 Å². The minimum absolute atomic E-state index is 0.0886. The molecule has 39 heavy (non-hydrogen) atoms. The Morgan fingerprint density at radius 3 is 1.72 bits per heavy atom. The van der Waals surface area contributed by atoms with Crippen LogP contribution in [-0.2, 0) is 27.8 Å². The predicted molar refractivity (Wildman–Crippen MR) is 156 cm³/mol. The van der Waals surface area contributed by atoms with Crippen molar-refractivity contribution < 1.29 is 42.3 Å². The van der Waals surface area contributed by atoms with Crippen LogP contribution in [0.2, 0.25) is 0 Å². The van der Waals surface area contributed by atoms with Gasteiger partial charge in [0.1, 0.15) is 31.5 Å². The van der Waals surface area contributed by atoms with Crippen molar-refractivity contribution in [2.24, 2.45) is 0 Å². The third-order valence-corrected chi connectivity index (χ3v) is 8.23. The molecular formula is C29H61NO8P+. The van der Waals surface area contributed by atoms with Crippen molar-refractivity contribution in [2.45, 2.75) is 134 Å². The maximum absolute atomic E-state index is 12.2. The molecule has 0 amide bonds. The van der Waals surface area contributed by atoms with E-state index in [2.05, 4.69) is 6.92 Å². The van der Waals surface area contributed by atoms with Crippen molar-refractivity contribution in [3.8, 4) is 0 Å². The summed E-state index contributed by atoms with van der Waals surface area (Å²) in [5, 5.41) is 10.5. The standard InChI is InChI=1S/C29H60NO8P/c1-6-7-8-9-10-11-12-13-14-15-16-17-18-19-20-21-23-35-28-26(38-29(34-5)27(28)31)25-37-39(32,33)36-24-22-30(2,3)4/h26-29,31H,6-25H2,1-5H3/p+1/t26-,27-,28-,29+/m1/s1. The normalized spacial score (nSPS) is 23.4. The number of methoxy groups -OCH3 is 1. The van der Waals surface area contributed by atoms with E-state index in [1.54, 1.807) is 0 Å². The number of unbranched alkanes of at least 4 members (excludes halogenated alkanes) is 15. The molecule has 0 spiro atoms. The zero-order valence-corrected chi connectivity index (χ0v) is 26.6. The van der Waals surface area contributed by atoms with E-state index in [-0.39, 0.29) is 13.2 Å². The van der Waals surface area contributed by atoms with Crippen LogP contribution in [0.5, 0.6) is 0 Å². The number of likely N-dealkylation sites (N-methyl/N-ethyl adjacent to an activating group) is 1. The molecular weight excluding hydrogens is 521 g/mol. The zero-order valence-electron chi connectivity index (χ0n) is 25.7. The van der Waals surface area contributed by atoms with Crippen LogP contribution >= 0.6 is 7.82 Å².